The maximum atomic E-state index is 16.0. The summed E-state index contributed by atoms with van der Waals surface area (Å²) in [6.45, 7) is 3.36. The molecule has 0 aliphatic rings. The number of amides is 1. The molecule has 1 atom stereocenters. The molecule has 2 heterocycles. The highest BCUT2D eigenvalue weighted by atomic mass is 32.2. The van der Waals surface area contributed by atoms with Gasteiger partial charge in [0.15, 0.2) is 0 Å². The number of sulfonamides is 2. The van der Waals surface area contributed by atoms with Gasteiger partial charge >= 0.3 is 6.09 Å². The van der Waals surface area contributed by atoms with Crippen molar-refractivity contribution in [3.63, 3.8) is 0 Å². The number of alkyl carbamates (subject to hydrolysis) is 1. The SMILES string of the molecule is COc1ccc(CN(Cc2ccc(OC)cc2)S(=O)(=O)c2c(S(=O)(=O)NCC(CO)NC(=O)OC(C)(C)C)ccc(-c3cccc4[nH]cnc34)c2-c2nnn(Cc3ccc(OC)cc3)n2)cc1. The number of carbonyl (C=O) groups excluding carboxylic acids is 1. The molecule has 0 bridgehead atoms. The normalized spacial score (nSPS) is 12.5. The lowest BCUT2D eigenvalue weighted by molar-refractivity contribution is 0.0484. The zero-order valence-electron chi connectivity index (χ0n) is 37.6. The largest absolute Gasteiger partial charge is 0.497 e. The number of aliphatic hydroxyl groups is 1. The van der Waals surface area contributed by atoms with Crippen molar-refractivity contribution in [2.75, 3.05) is 34.5 Å². The summed E-state index contributed by atoms with van der Waals surface area (Å²) in [5.41, 5.74) is 2.56. The fourth-order valence-electron chi connectivity index (χ4n) is 7.11. The summed E-state index contributed by atoms with van der Waals surface area (Å²) in [5, 5.41) is 26.1. The van der Waals surface area contributed by atoms with Crippen LogP contribution in [0.2, 0.25) is 0 Å². The fraction of sp³-hybridized carbons (Fsp3) is 0.283. The van der Waals surface area contributed by atoms with Gasteiger partial charge in [-0.25, -0.2) is 31.3 Å². The van der Waals surface area contributed by atoms with E-state index in [1.165, 1.54) is 37.5 Å². The van der Waals surface area contributed by atoms with E-state index in [9.17, 15) is 18.3 Å². The Kier molecular flexibility index (Phi) is 14.6. The van der Waals surface area contributed by atoms with Crippen LogP contribution in [0, 0.1) is 0 Å². The van der Waals surface area contributed by atoms with Gasteiger partial charge in [0.1, 0.15) is 32.6 Å². The molecule has 0 fully saturated rings. The maximum Gasteiger partial charge on any atom is 0.407 e. The Morgan fingerprint density at radius 2 is 1.37 bits per heavy atom. The molecule has 1 unspecified atom stereocenters. The number of aliphatic hydroxyl groups excluding tert-OH is 1. The number of H-pyrrole nitrogens is 1. The molecule has 21 heteroatoms. The average molecular weight is 954 g/mol. The highest BCUT2D eigenvalue weighted by Crippen LogP contribution is 2.43. The van der Waals surface area contributed by atoms with E-state index in [1.54, 1.807) is 107 Å². The van der Waals surface area contributed by atoms with Crippen LogP contribution in [0.5, 0.6) is 17.2 Å². The molecule has 0 aliphatic heterocycles. The zero-order valence-corrected chi connectivity index (χ0v) is 39.3. The third-order valence-electron chi connectivity index (χ3n) is 10.4. The molecule has 0 aliphatic carbocycles. The van der Waals surface area contributed by atoms with Crippen LogP contribution in [-0.4, -0.2) is 109 Å². The van der Waals surface area contributed by atoms with Crippen LogP contribution in [0.4, 0.5) is 4.79 Å². The Balaban J connectivity index is 1.46. The van der Waals surface area contributed by atoms with Gasteiger partial charge in [-0.1, -0.05) is 54.6 Å². The van der Waals surface area contributed by atoms with E-state index in [4.69, 9.17) is 24.0 Å². The van der Waals surface area contributed by atoms with E-state index >= 15 is 8.42 Å². The number of nitrogens with one attached hydrogen (secondary N) is 3. The van der Waals surface area contributed by atoms with Crippen molar-refractivity contribution in [3.05, 3.63) is 126 Å². The lowest BCUT2D eigenvalue weighted by Crippen LogP contribution is -2.47. The first-order chi connectivity index (χ1) is 32.0. The van der Waals surface area contributed by atoms with Crippen LogP contribution in [0.25, 0.3) is 33.5 Å². The number of imidazole rings is 1. The molecular formula is C46H51N9O10S2. The minimum absolute atomic E-state index is 0.108. The second-order valence-corrected chi connectivity index (χ2v) is 19.9. The van der Waals surface area contributed by atoms with Gasteiger partial charge in [-0.2, -0.15) is 9.10 Å². The number of para-hydroxylation sites is 1. The van der Waals surface area contributed by atoms with Gasteiger partial charge in [-0.3, -0.25) is 0 Å². The molecule has 2 aromatic heterocycles. The van der Waals surface area contributed by atoms with Crippen LogP contribution in [0.3, 0.4) is 0 Å². The second kappa shape index (κ2) is 20.3. The van der Waals surface area contributed by atoms with Gasteiger partial charge in [-0.15, -0.1) is 10.2 Å². The molecule has 0 saturated heterocycles. The van der Waals surface area contributed by atoms with Crippen LogP contribution >= 0.6 is 0 Å². The number of methoxy groups -OCH3 is 3. The second-order valence-electron chi connectivity index (χ2n) is 16.3. The minimum Gasteiger partial charge on any atom is -0.497 e. The molecule has 5 aromatic carbocycles. The van der Waals surface area contributed by atoms with Gasteiger partial charge in [-0.05, 0) is 96.8 Å². The zero-order chi connectivity index (χ0) is 47.9. The number of rotatable bonds is 19. The molecule has 7 rings (SSSR count). The lowest BCUT2D eigenvalue weighted by atomic mass is 9.98. The number of fused-ring (bicyclic) bond motifs is 1. The Bertz CT molecular complexity index is 3000. The van der Waals surface area contributed by atoms with Crippen molar-refractivity contribution in [1.82, 2.24) is 44.5 Å². The number of hydrogen-bond donors (Lipinski definition) is 4. The van der Waals surface area contributed by atoms with Crippen LogP contribution in [-0.2, 0) is 44.4 Å². The molecule has 0 spiro atoms. The van der Waals surface area contributed by atoms with Crippen LogP contribution in [0.1, 0.15) is 37.5 Å². The Morgan fingerprint density at radius 3 is 1.93 bits per heavy atom. The summed E-state index contributed by atoms with van der Waals surface area (Å²) in [6.07, 6.45) is 0.594. The van der Waals surface area contributed by atoms with Crippen molar-refractivity contribution < 1.29 is 45.7 Å². The predicted molar refractivity (Wildman–Crippen MR) is 248 cm³/mol. The Labute approximate surface area is 388 Å². The molecule has 7 aromatic rings. The Morgan fingerprint density at radius 1 is 0.791 bits per heavy atom. The molecular weight excluding hydrogens is 903 g/mol. The van der Waals surface area contributed by atoms with Gasteiger partial charge in [0.2, 0.25) is 25.9 Å². The quantitative estimate of drug-likeness (QED) is 0.0782. The van der Waals surface area contributed by atoms with Crippen LogP contribution in [0.15, 0.2) is 119 Å². The molecule has 4 N–H and O–H groups in total. The van der Waals surface area contributed by atoms with E-state index in [0.29, 0.717) is 45.0 Å². The number of tetrazole rings is 1. The first-order valence-electron chi connectivity index (χ1n) is 20.9. The van der Waals surface area contributed by atoms with E-state index < -0.39 is 60.7 Å². The number of aromatic amines is 1. The summed E-state index contributed by atoms with van der Waals surface area (Å²) in [6, 6.07) is 27.5. The Hall–Kier alpha value is -6.91. The molecule has 0 saturated carbocycles. The number of carbonyl (C=O) groups is 1. The van der Waals surface area contributed by atoms with Crippen molar-refractivity contribution in [2.45, 2.75) is 61.8 Å². The molecule has 352 valence electrons. The molecule has 67 heavy (non-hydrogen) atoms. The number of benzene rings is 5. The summed E-state index contributed by atoms with van der Waals surface area (Å²) in [5.74, 6) is 1.51. The predicted octanol–water partition coefficient (Wildman–Crippen LogP) is 5.51. The average Bonchev–Trinajstić information content (AvgIpc) is 4.00. The van der Waals surface area contributed by atoms with Crippen molar-refractivity contribution in [2.24, 2.45) is 0 Å². The highest BCUT2D eigenvalue weighted by Gasteiger charge is 2.38. The van der Waals surface area contributed by atoms with Crippen molar-refractivity contribution in [1.29, 1.82) is 0 Å². The lowest BCUT2D eigenvalue weighted by Gasteiger charge is -2.26. The van der Waals surface area contributed by atoms with Crippen molar-refractivity contribution >= 4 is 37.2 Å². The van der Waals surface area contributed by atoms with E-state index in [1.807, 2.05) is 12.1 Å². The standard InChI is InChI=1S/C46H51N9O10S2/c1-46(2,3)65-45(57)50-33(28-56)24-49-66(58,59)40-23-22-37(38-8-7-9-39-42(38)48-29-47-39)41(44-51-53-55(52-44)27-32-14-20-36(64-6)21-15-32)43(40)67(60,61)54(25-30-10-16-34(62-4)17-11-30)26-31-12-18-35(63-5)19-13-31/h7-23,29,33,49,56H,24-28H2,1-6H3,(H,47,48)(H,50,57). The van der Waals surface area contributed by atoms with Gasteiger partial charge < -0.3 is 34.4 Å². The van der Waals surface area contributed by atoms with Gasteiger partial charge in [0, 0.05) is 25.2 Å². The maximum absolute atomic E-state index is 16.0. The van der Waals surface area contributed by atoms with Crippen LogP contribution < -0.4 is 24.2 Å². The number of ether oxygens (including phenoxy) is 4. The monoisotopic (exact) mass is 953 g/mol. The topological polar surface area (TPSA) is 242 Å². The van der Waals surface area contributed by atoms with E-state index in [0.717, 1.165) is 9.87 Å². The first kappa shape index (κ1) is 48.0. The highest BCUT2D eigenvalue weighted by molar-refractivity contribution is 7.92. The minimum atomic E-state index is -4.98. The van der Waals surface area contributed by atoms with Crippen molar-refractivity contribution in [3.8, 4) is 39.8 Å². The smallest absolute Gasteiger partial charge is 0.407 e. The number of aromatic nitrogens is 6. The summed E-state index contributed by atoms with van der Waals surface area (Å²) < 4.78 is 86.8. The summed E-state index contributed by atoms with van der Waals surface area (Å²) in [7, 11) is -5.26. The summed E-state index contributed by atoms with van der Waals surface area (Å²) >= 11 is 0. The first-order valence-corrected chi connectivity index (χ1v) is 23.8. The third-order valence-corrected chi connectivity index (χ3v) is 13.9. The number of hydrogen-bond acceptors (Lipinski definition) is 14. The van der Waals surface area contributed by atoms with Gasteiger partial charge in [0.25, 0.3) is 0 Å². The summed E-state index contributed by atoms with van der Waals surface area (Å²) in [4.78, 5) is 20.2. The third kappa shape index (κ3) is 11.4. The fourth-order valence-corrected chi connectivity index (χ4v) is 10.6. The van der Waals surface area contributed by atoms with E-state index in [2.05, 4.69) is 30.3 Å². The number of nitrogens with zero attached hydrogens (tertiary/aromatic N) is 6. The molecule has 1 amide bonds. The molecule has 0 radical (unpaired) electrons. The van der Waals surface area contributed by atoms with Gasteiger partial charge in [0.05, 0.1) is 63.4 Å². The van der Waals surface area contributed by atoms with E-state index in [-0.39, 0.29) is 36.6 Å². The molecule has 19 nitrogen and oxygen atoms in total.